The Morgan fingerprint density at radius 3 is 1.20 bits per heavy atom. The molecule has 0 heterocycles. The number of quaternary nitrogens is 1. The van der Waals surface area contributed by atoms with Crippen molar-refractivity contribution < 1.29 is 32.9 Å². The number of unbranched alkanes of at least 4 members (excludes halogenated alkanes) is 37. The minimum Gasteiger partial charge on any atom is -0.387 e. The first-order valence-corrected chi connectivity index (χ1v) is 29.7. The van der Waals surface area contributed by atoms with E-state index in [-0.39, 0.29) is 19.1 Å². The summed E-state index contributed by atoms with van der Waals surface area (Å²) < 4.78 is 23.5. The number of aliphatic hydroxyl groups excluding tert-OH is 1. The van der Waals surface area contributed by atoms with Crippen LogP contribution in [0.5, 0.6) is 0 Å². The molecule has 8 nitrogen and oxygen atoms in total. The first-order chi connectivity index (χ1) is 31.5. The monoisotopic (exact) mass is 940 g/mol. The Morgan fingerprint density at radius 2 is 0.846 bits per heavy atom. The maximum Gasteiger partial charge on any atom is 0.472 e. The molecule has 0 spiro atoms. The molecule has 0 aliphatic rings. The van der Waals surface area contributed by atoms with Gasteiger partial charge in [0.1, 0.15) is 13.2 Å². The summed E-state index contributed by atoms with van der Waals surface area (Å²) in [6.45, 7) is 4.71. The predicted molar refractivity (Wildman–Crippen MR) is 281 cm³/mol. The van der Waals surface area contributed by atoms with Crippen LogP contribution in [0.15, 0.2) is 24.3 Å². The Hall–Kier alpha value is -1.02. The third kappa shape index (κ3) is 50.7. The molecule has 386 valence electrons. The van der Waals surface area contributed by atoms with E-state index in [0.29, 0.717) is 17.4 Å². The molecule has 0 saturated carbocycles. The number of aliphatic hydroxyl groups is 1. The van der Waals surface area contributed by atoms with Crippen molar-refractivity contribution in [3.63, 3.8) is 0 Å². The fourth-order valence-corrected chi connectivity index (χ4v) is 9.22. The molecule has 0 radical (unpaired) electrons. The molecular weight excluding hydrogens is 828 g/mol. The van der Waals surface area contributed by atoms with Crippen LogP contribution < -0.4 is 5.32 Å². The van der Waals surface area contributed by atoms with Crippen LogP contribution in [0.1, 0.15) is 277 Å². The van der Waals surface area contributed by atoms with Gasteiger partial charge in [-0.25, -0.2) is 4.57 Å². The maximum absolute atomic E-state index is 12.8. The highest BCUT2D eigenvalue weighted by atomic mass is 31.2. The lowest BCUT2D eigenvalue weighted by molar-refractivity contribution is -0.870. The van der Waals surface area contributed by atoms with E-state index in [1.807, 2.05) is 27.2 Å². The number of nitrogens with zero attached hydrogens (tertiary/aromatic N) is 1. The number of carbonyl (C=O) groups is 1. The van der Waals surface area contributed by atoms with Crippen molar-refractivity contribution in [3.05, 3.63) is 24.3 Å². The topological polar surface area (TPSA) is 105 Å². The quantitative estimate of drug-likeness (QED) is 0.0243. The Labute approximate surface area is 404 Å². The number of nitrogens with one attached hydrogen (secondary N) is 1. The molecule has 65 heavy (non-hydrogen) atoms. The van der Waals surface area contributed by atoms with Crippen molar-refractivity contribution in [2.75, 3.05) is 40.9 Å². The van der Waals surface area contributed by atoms with E-state index < -0.39 is 20.0 Å². The minimum absolute atomic E-state index is 0.0576. The van der Waals surface area contributed by atoms with Crippen molar-refractivity contribution >= 4 is 13.7 Å². The highest BCUT2D eigenvalue weighted by molar-refractivity contribution is 7.47. The maximum atomic E-state index is 12.8. The summed E-state index contributed by atoms with van der Waals surface area (Å²) in [6, 6.07) is -0.857. The third-order valence-electron chi connectivity index (χ3n) is 12.9. The zero-order valence-corrected chi connectivity index (χ0v) is 44.9. The van der Waals surface area contributed by atoms with E-state index in [2.05, 4.69) is 31.3 Å². The molecule has 0 aromatic heterocycles. The van der Waals surface area contributed by atoms with E-state index in [1.165, 1.54) is 212 Å². The van der Waals surface area contributed by atoms with Crippen LogP contribution in [0.3, 0.4) is 0 Å². The van der Waals surface area contributed by atoms with Gasteiger partial charge in [-0.1, -0.05) is 269 Å². The van der Waals surface area contributed by atoms with Gasteiger partial charge in [-0.3, -0.25) is 13.8 Å². The lowest BCUT2D eigenvalue weighted by Crippen LogP contribution is -2.45. The molecule has 0 aromatic carbocycles. The van der Waals surface area contributed by atoms with Crippen LogP contribution in [0.25, 0.3) is 0 Å². The van der Waals surface area contributed by atoms with Gasteiger partial charge in [0.15, 0.2) is 0 Å². The lowest BCUT2D eigenvalue weighted by atomic mass is 10.0. The van der Waals surface area contributed by atoms with Crippen LogP contribution in [0.4, 0.5) is 0 Å². The minimum atomic E-state index is -4.34. The molecule has 0 rings (SSSR count). The average molecular weight is 940 g/mol. The molecule has 0 fully saturated rings. The van der Waals surface area contributed by atoms with E-state index in [4.69, 9.17) is 9.05 Å². The second kappa shape index (κ2) is 48.0. The van der Waals surface area contributed by atoms with Crippen LogP contribution in [-0.2, 0) is 18.4 Å². The van der Waals surface area contributed by atoms with Gasteiger partial charge in [0.25, 0.3) is 0 Å². The van der Waals surface area contributed by atoms with Crippen LogP contribution in [-0.4, -0.2) is 73.4 Å². The normalized spacial score (nSPS) is 14.1. The Balaban J connectivity index is 3.75. The van der Waals surface area contributed by atoms with Gasteiger partial charge in [0, 0.05) is 6.42 Å². The number of likely N-dealkylation sites (N-methyl/N-ethyl adjacent to an activating group) is 1. The Morgan fingerprint density at radius 1 is 0.508 bits per heavy atom. The highest BCUT2D eigenvalue weighted by Crippen LogP contribution is 2.43. The van der Waals surface area contributed by atoms with Crippen molar-refractivity contribution in [1.29, 1.82) is 0 Å². The third-order valence-corrected chi connectivity index (χ3v) is 13.9. The Kier molecular flexibility index (Phi) is 47.3. The first kappa shape index (κ1) is 64.0. The van der Waals surface area contributed by atoms with Gasteiger partial charge < -0.3 is 19.8 Å². The van der Waals surface area contributed by atoms with E-state index >= 15 is 0 Å². The van der Waals surface area contributed by atoms with Crippen LogP contribution >= 0.6 is 7.82 Å². The number of rotatable bonds is 52. The number of phosphoric acid groups is 1. The number of hydrogen-bond acceptors (Lipinski definition) is 5. The van der Waals surface area contributed by atoms with Crippen molar-refractivity contribution in [3.8, 4) is 0 Å². The molecule has 0 aromatic rings. The molecule has 0 saturated heterocycles. The molecular formula is C56H112N2O6P+. The van der Waals surface area contributed by atoms with Crippen molar-refractivity contribution in [2.24, 2.45) is 0 Å². The zero-order chi connectivity index (χ0) is 47.8. The SMILES string of the molecule is CCC/C=C/CC/C=C/C(O)C(COP(=O)(O)OCC[N+](C)(C)C)NC(=O)CCCCCCCCCCCCCCCCCCCCCCCCCCCCCCCCCCCCCC. The standard InChI is InChI=1S/C56H111N2O6P/c1-6-8-10-12-14-15-16-17-18-19-20-21-22-23-24-25-26-27-28-29-30-31-32-33-34-35-36-37-38-39-40-41-42-44-46-48-50-56(60)57-54(55(59)49-47-45-43-13-11-9-7-2)53-64-65(61,62)63-52-51-58(3,4)5/h11,13,47,49,54-55,59H,6-10,12,14-46,48,50-53H2,1-5H3,(H-,57,60,61,62)/p+1/b13-11+,49-47+. The lowest BCUT2D eigenvalue weighted by Gasteiger charge is -2.25. The summed E-state index contributed by atoms with van der Waals surface area (Å²) in [6.07, 6.45) is 60.7. The van der Waals surface area contributed by atoms with Gasteiger partial charge in [-0.05, 0) is 25.7 Å². The van der Waals surface area contributed by atoms with Gasteiger partial charge in [-0.15, -0.1) is 0 Å². The smallest absolute Gasteiger partial charge is 0.387 e. The molecule has 3 atom stereocenters. The number of amides is 1. The highest BCUT2D eigenvalue weighted by Gasteiger charge is 2.27. The molecule has 0 bridgehead atoms. The van der Waals surface area contributed by atoms with Gasteiger partial charge in [0.05, 0.1) is 39.9 Å². The second-order valence-electron chi connectivity index (χ2n) is 20.7. The molecule has 9 heteroatoms. The largest absolute Gasteiger partial charge is 0.472 e. The summed E-state index contributed by atoms with van der Waals surface area (Å²) in [5, 5.41) is 13.7. The van der Waals surface area contributed by atoms with Crippen LogP contribution in [0.2, 0.25) is 0 Å². The summed E-state index contributed by atoms with van der Waals surface area (Å²) in [5.41, 5.74) is 0. The van der Waals surface area contributed by atoms with Crippen LogP contribution in [0, 0.1) is 0 Å². The van der Waals surface area contributed by atoms with Crippen molar-refractivity contribution in [2.45, 2.75) is 289 Å². The number of hydrogen-bond donors (Lipinski definition) is 3. The average Bonchev–Trinajstić information content (AvgIpc) is 3.26. The van der Waals surface area contributed by atoms with E-state index in [9.17, 15) is 19.4 Å². The first-order valence-electron chi connectivity index (χ1n) is 28.2. The van der Waals surface area contributed by atoms with Gasteiger partial charge in [0.2, 0.25) is 5.91 Å². The molecule has 1 amide bonds. The Bertz CT molecular complexity index is 1110. The van der Waals surface area contributed by atoms with E-state index in [1.54, 1.807) is 6.08 Å². The van der Waals surface area contributed by atoms with Gasteiger partial charge in [-0.2, -0.15) is 0 Å². The van der Waals surface area contributed by atoms with Crippen molar-refractivity contribution in [1.82, 2.24) is 5.32 Å². The summed E-state index contributed by atoms with van der Waals surface area (Å²) in [4.78, 5) is 23.1. The zero-order valence-electron chi connectivity index (χ0n) is 44.0. The van der Waals surface area contributed by atoms with Gasteiger partial charge >= 0.3 is 7.82 Å². The number of allylic oxidation sites excluding steroid dienone is 3. The summed E-state index contributed by atoms with van der Waals surface area (Å²) in [5.74, 6) is -0.187. The summed E-state index contributed by atoms with van der Waals surface area (Å²) in [7, 11) is 1.56. The number of carbonyl (C=O) groups excluding carboxylic acids is 1. The fraction of sp³-hybridized carbons (Fsp3) is 0.911. The van der Waals surface area contributed by atoms with E-state index in [0.717, 1.165) is 44.9 Å². The molecule has 0 aliphatic heterocycles. The molecule has 0 aliphatic carbocycles. The summed E-state index contributed by atoms with van der Waals surface area (Å²) >= 11 is 0. The molecule has 3 N–H and O–H groups in total. The predicted octanol–water partition coefficient (Wildman–Crippen LogP) is 16.8. The number of phosphoric ester groups is 1. The fourth-order valence-electron chi connectivity index (χ4n) is 8.48. The molecule has 3 unspecified atom stereocenters. The second-order valence-corrected chi connectivity index (χ2v) is 22.1.